The number of urea groups is 1. The van der Waals surface area contributed by atoms with Gasteiger partial charge in [-0.25, -0.2) is 9.59 Å². The molecule has 3 N–H and O–H groups in total. The normalized spacial score (nSPS) is 9.83. The van der Waals surface area contributed by atoms with Gasteiger partial charge in [-0.1, -0.05) is 12.1 Å². The van der Waals surface area contributed by atoms with Crippen LogP contribution < -0.4 is 16.0 Å². The first-order valence-electron chi connectivity index (χ1n) is 6.99. The summed E-state index contributed by atoms with van der Waals surface area (Å²) in [5, 5.41) is 7.94. The van der Waals surface area contributed by atoms with Gasteiger partial charge in [0.05, 0.1) is 19.3 Å². The molecule has 0 saturated heterocycles. The minimum Gasteiger partial charge on any atom is -0.453 e. The fourth-order valence-electron chi connectivity index (χ4n) is 1.89. The Hall–Kier alpha value is -3.09. The van der Waals surface area contributed by atoms with Crippen LogP contribution in [0.2, 0.25) is 0 Å². The third-order valence-electron chi connectivity index (χ3n) is 2.93. The van der Waals surface area contributed by atoms with Crippen molar-refractivity contribution in [2.24, 2.45) is 0 Å². The van der Waals surface area contributed by atoms with E-state index in [0.29, 0.717) is 17.9 Å². The minimum atomic E-state index is -0.572. The van der Waals surface area contributed by atoms with Gasteiger partial charge in [-0.05, 0) is 37.3 Å². The SMILES string of the molecule is COC(=O)Nc1cccc(NC(=O)NCc2cccc(C)n2)c1. The second-order valence-corrected chi connectivity index (χ2v) is 4.78. The van der Waals surface area contributed by atoms with Crippen LogP contribution in [0.5, 0.6) is 0 Å². The molecule has 0 bridgehead atoms. The van der Waals surface area contributed by atoms with Crippen molar-refractivity contribution in [3.63, 3.8) is 0 Å². The zero-order valence-electron chi connectivity index (χ0n) is 12.9. The number of aryl methyl sites for hydroxylation is 1. The van der Waals surface area contributed by atoms with Gasteiger partial charge in [-0.15, -0.1) is 0 Å². The number of methoxy groups -OCH3 is 1. The molecule has 2 aromatic rings. The number of hydrogen-bond acceptors (Lipinski definition) is 4. The Balaban J connectivity index is 1.90. The molecule has 0 saturated carbocycles. The highest BCUT2D eigenvalue weighted by molar-refractivity contribution is 5.91. The fourth-order valence-corrected chi connectivity index (χ4v) is 1.89. The number of amides is 3. The van der Waals surface area contributed by atoms with Gasteiger partial charge in [0.2, 0.25) is 0 Å². The van der Waals surface area contributed by atoms with Gasteiger partial charge in [0, 0.05) is 17.1 Å². The number of pyridine rings is 1. The number of nitrogens with zero attached hydrogens (tertiary/aromatic N) is 1. The molecule has 0 unspecified atom stereocenters. The molecular formula is C16H18N4O3. The lowest BCUT2D eigenvalue weighted by Gasteiger charge is -2.09. The van der Waals surface area contributed by atoms with Gasteiger partial charge >= 0.3 is 12.1 Å². The molecule has 2 rings (SSSR count). The summed E-state index contributed by atoms with van der Waals surface area (Å²) >= 11 is 0. The molecule has 1 aromatic heterocycles. The smallest absolute Gasteiger partial charge is 0.411 e. The van der Waals surface area contributed by atoms with Gasteiger partial charge < -0.3 is 15.4 Å². The first-order chi connectivity index (χ1) is 11.1. The predicted octanol–water partition coefficient (Wildman–Crippen LogP) is 2.89. The van der Waals surface area contributed by atoms with Gasteiger partial charge in [0.15, 0.2) is 0 Å². The molecule has 7 heteroatoms. The first-order valence-corrected chi connectivity index (χ1v) is 6.99. The van der Waals surface area contributed by atoms with Crippen molar-refractivity contribution < 1.29 is 14.3 Å². The van der Waals surface area contributed by atoms with E-state index in [0.717, 1.165) is 11.4 Å². The summed E-state index contributed by atoms with van der Waals surface area (Å²) in [7, 11) is 1.28. The number of aromatic nitrogens is 1. The van der Waals surface area contributed by atoms with E-state index in [-0.39, 0.29) is 6.03 Å². The van der Waals surface area contributed by atoms with Crippen LogP contribution in [0.25, 0.3) is 0 Å². The summed E-state index contributed by atoms with van der Waals surface area (Å²) in [5.41, 5.74) is 2.75. The van der Waals surface area contributed by atoms with Gasteiger partial charge in [-0.2, -0.15) is 0 Å². The maximum Gasteiger partial charge on any atom is 0.411 e. The minimum absolute atomic E-state index is 0.327. The quantitative estimate of drug-likeness (QED) is 0.809. The number of ether oxygens (including phenoxy) is 1. The molecule has 0 spiro atoms. The number of anilines is 2. The Morgan fingerprint density at radius 3 is 2.48 bits per heavy atom. The third kappa shape index (κ3) is 5.31. The molecule has 0 atom stereocenters. The van der Waals surface area contributed by atoms with Gasteiger partial charge in [-0.3, -0.25) is 10.3 Å². The summed E-state index contributed by atoms with van der Waals surface area (Å²) in [4.78, 5) is 27.4. The van der Waals surface area contributed by atoms with E-state index in [4.69, 9.17) is 0 Å². The summed E-state index contributed by atoms with van der Waals surface area (Å²) in [6, 6.07) is 12.0. The van der Waals surface area contributed by atoms with Crippen molar-refractivity contribution in [3.8, 4) is 0 Å². The average Bonchev–Trinajstić information content (AvgIpc) is 2.53. The van der Waals surface area contributed by atoms with E-state index in [2.05, 4.69) is 25.7 Å². The van der Waals surface area contributed by atoms with Gasteiger partial charge in [0.1, 0.15) is 0 Å². The average molecular weight is 314 g/mol. The zero-order valence-corrected chi connectivity index (χ0v) is 12.9. The third-order valence-corrected chi connectivity index (χ3v) is 2.93. The van der Waals surface area contributed by atoms with Crippen molar-refractivity contribution in [3.05, 3.63) is 53.9 Å². The van der Waals surface area contributed by atoms with Crippen molar-refractivity contribution in [1.82, 2.24) is 10.3 Å². The van der Waals surface area contributed by atoms with Crippen LogP contribution in [-0.2, 0) is 11.3 Å². The topological polar surface area (TPSA) is 92.4 Å². The molecular weight excluding hydrogens is 296 g/mol. The summed E-state index contributed by atoms with van der Waals surface area (Å²) in [6.45, 7) is 2.22. The number of carbonyl (C=O) groups is 2. The van der Waals surface area contributed by atoms with E-state index in [1.54, 1.807) is 24.3 Å². The van der Waals surface area contributed by atoms with Gasteiger partial charge in [0.25, 0.3) is 0 Å². The number of nitrogens with one attached hydrogen (secondary N) is 3. The Morgan fingerprint density at radius 1 is 1.09 bits per heavy atom. The maximum absolute atomic E-state index is 11.9. The van der Waals surface area contributed by atoms with Crippen molar-refractivity contribution >= 4 is 23.5 Å². The Bertz CT molecular complexity index is 703. The van der Waals surface area contributed by atoms with E-state index in [9.17, 15) is 9.59 Å². The lowest BCUT2D eigenvalue weighted by molar-refractivity contribution is 0.187. The summed E-state index contributed by atoms with van der Waals surface area (Å²) in [6.07, 6.45) is -0.572. The zero-order chi connectivity index (χ0) is 16.7. The number of carbonyl (C=O) groups excluding carboxylic acids is 2. The highest BCUT2D eigenvalue weighted by atomic mass is 16.5. The molecule has 1 heterocycles. The predicted molar refractivity (Wildman–Crippen MR) is 87.3 cm³/mol. The largest absolute Gasteiger partial charge is 0.453 e. The van der Waals surface area contributed by atoms with Crippen LogP contribution >= 0.6 is 0 Å². The van der Waals surface area contributed by atoms with Crippen LogP contribution in [0.3, 0.4) is 0 Å². The molecule has 0 fully saturated rings. The molecule has 0 aliphatic rings. The van der Waals surface area contributed by atoms with Crippen molar-refractivity contribution in [1.29, 1.82) is 0 Å². The van der Waals surface area contributed by atoms with E-state index < -0.39 is 6.09 Å². The number of rotatable bonds is 4. The Kier molecular flexibility index (Phi) is 5.51. The second kappa shape index (κ2) is 7.79. The number of benzene rings is 1. The lowest BCUT2D eigenvalue weighted by atomic mass is 10.3. The summed E-state index contributed by atoms with van der Waals surface area (Å²) in [5.74, 6) is 0. The monoisotopic (exact) mass is 314 g/mol. The van der Waals surface area contributed by atoms with Crippen molar-refractivity contribution in [2.45, 2.75) is 13.5 Å². The van der Waals surface area contributed by atoms with Crippen LogP contribution in [0.15, 0.2) is 42.5 Å². The Labute approximate surface area is 134 Å². The lowest BCUT2D eigenvalue weighted by Crippen LogP contribution is -2.28. The van der Waals surface area contributed by atoms with Crippen LogP contribution in [0.1, 0.15) is 11.4 Å². The molecule has 0 radical (unpaired) electrons. The standard InChI is InChI=1S/C16H18N4O3/c1-11-5-3-8-14(18-11)10-17-15(21)19-12-6-4-7-13(9-12)20-16(22)23-2/h3-9H,10H2,1-2H3,(H,20,22)(H2,17,19,21). The highest BCUT2D eigenvalue weighted by Crippen LogP contribution is 2.15. The molecule has 120 valence electrons. The first kappa shape index (κ1) is 16.3. The second-order valence-electron chi connectivity index (χ2n) is 4.78. The van der Waals surface area contributed by atoms with Crippen LogP contribution in [0, 0.1) is 6.92 Å². The molecule has 1 aromatic carbocycles. The molecule has 0 aliphatic carbocycles. The molecule has 23 heavy (non-hydrogen) atoms. The molecule has 0 aliphatic heterocycles. The van der Waals surface area contributed by atoms with Crippen LogP contribution in [-0.4, -0.2) is 24.2 Å². The molecule has 3 amide bonds. The highest BCUT2D eigenvalue weighted by Gasteiger charge is 2.05. The van der Waals surface area contributed by atoms with Crippen molar-refractivity contribution in [2.75, 3.05) is 17.7 Å². The number of hydrogen-bond donors (Lipinski definition) is 3. The summed E-state index contributed by atoms with van der Waals surface area (Å²) < 4.78 is 4.52. The van der Waals surface area contributed by atoms with E-state index in [1.807, 2.05) is 25.1 Å². The van der Waals surface area contributed by atoms with E-state index in [1.165, 1.54) is 7.11 Å². The Morgan fingerprint density at radius 2 is 1.78 bits per heavy atom. The maximum atomic E-state index is 11.9. The van der Waals surface area contributed by atoms with E-state index >= 15 is 0 Å². The fraction of sp³-hybridized carbons (Fsp3) is 0.188. The molecule has 7 nitrogen and oxygen atoms in total. The van der Waals surface area contributed by atoms with Crippen LogP contribution in [0.4, 0.5) is 21.0 Å².